The Morgan fingerprint density at radius 3 is 2.67 bits per heavy atom. The average molecular weight is 274 g/mol. The Morgan fingerprint density at radius 2 is 2.22 bits per heavy atom. The van der Waals surface area contributed by atoms with Gasteiger partial charge in [-0.05, 0) is 5.92 Å². The van der Waals surface area contributed by atoms with E-state index in [2.05, 4.69) is 10.4 Å². The van der Waals surface area contributed by atoms with Gasteiger partial charge in [0.2, 0.25) is 5.91 Å². The molecule has 0 aromatic carbocycles. The molecule has 0 spiro atoms. The van der Waals surface area contributed by atoms with Gasteiger partial charge in [0.05, 0.1) is 11.2 Å². The molecular weight excluding hydrogens is 258 g/mol. The summed E-state index contributed by atoms with van der Waals surface area (Å²) in [5.74, 6) is -1.51. The number of hydrogen-bond acceptors (Lipinski definition) is 3. The summed E-state index contributed by atoms with van der Waals surface area (Å²) >= 11 is 5.68. The number of aliphatic carboxylic acids is 1. The molecule has 0 bridgehead atoms. The van der Waals surface area contributed by atoms with Crippen LogP contribution in [0.5, 0.6) is 0 Å². The quantitative estimate of drug-likeness (QED) is 0.814. The van der Waals surface area contributed by atoms with Gasteiger partial charge in [-0.25, -0.2) is 4.79 Å². The number of aromatic nitrogens is 2. The molecule has 0 saturated carbocycles. The normalized spacial score (nSPS) is 12.4. The van der Waals surface area contributed by atoms with Crippen LogP contribution in [0.15, 0.2) is 12.4 Å². The number of nitrogens with zero attached hydrogens (tertiary/aromatic N) is 2. The van der Waals surface area contributed by atoms with Gasteiger partial charge in [0.15, 0.2) is 0 Å². The van der Waals surface area contributed by atoms with Gasteiger partial charge in [-0.15, -0.1) is 0 Å². The Bertz CT molecular complexity index is 431. The summed E-state index contributed by atoms with van der Waals surface area (Å²) in [7, 11) is 0. The molecule has 0 radical (unpaired) electrons. The first-order valence-electron chi connectivity index (χ1n) is 5.60. The van der Waals surface area contributed by atoms with Crippen LogP contribution in [0.2, 0.25) is 5.02 Å². The van der Waals surface area contributed by atoms with Gasteiger partial charge in [0.25, 0.3) is 0 Å². The number of carboxylic acids is 1. The molecule has 1 atom stereocenters. The van der Waals surface area contributed by atoms with Crippen LogP contribution in [0, 0.1) is 5.92 Å². The van der Waals surface area contributed by atoms with Crippen molar-refractivity contribution >= 4 is 23.5 Å². The Morgan fingerprint density at radius 1 is 1.56 bits per heavy atom. The molecule has 1 heterocycles. The van der Waals surface area contributed by atoms with Crippen LogP contribution in [-0.2, 0) is 16.1 Å². The monoisotopic (exact) mass is 273 g/mol. The van der Waals surface area contributed by atoms with Crippen molar-refractivity contribution in [3.63, 3.8) is 0 Å². The number of halogens is 1. The van der Waals surface area contributed by atoms with Crippen molar-refractivity contribution in [1.82, 2.24) is 15.1 Å². The number of nitrogens with one attached hydrogen (secondary N) is 1. The van der Waals surface area contributed by atoms with Crippen molar-refractivity contribution in [1.29, 1.82) is 0 Å². The fourth-order valence-corrected chi connectivity index (χ4v) is 1.59. The van der Waals surface area contributed by atoms with Gasteiger partial charge in [-0.3, -0.25) is 9.48 Å². The van der Waals surface area contributed by atoms with Crippen LogP contribution in [0.4, 0.5) is 0 Å². The maximum atomic E-state index is 11.6. The van der Waals surface area contributed by atoms with E-state index in [0.717, 1.165) is 0 Å². The molecule has 0 fully saturated rings. The number of carbonyl (C=O) groups excluding carboxylic acids is 1. The van der Waals surface area contributed by atoms with E-state index in [9.17, 15) is 9.59 Å². The number of hydrogen-bond donors (Lipinski definition) is 2. The lowest BCUT2D eigenvalue weighted by atomic mass is 10.0. The molecule has 0 aliphatic heterocycles. The Labute approximate surface area is 110 Å². The third-order valence-electron chi connectivity index (χ3n) is 2.42. The highest BCUT2D eigenvalue weighted by atomic mass is 35.5. The number of carbonyl (C=O) groups is 2. The molecule has 0 saturated heterocycles. The largest absolute Gasteiger partial charge is 0.480 e. The minimum atomic E-state index is -1.03. The fraction of sp³-hybridized carbons (Fsp3) is 0.545. The van der Waals surface area contributed by atoms with Gasteiger partial charge in [0, 0.05) is 19.2 Å². The summed E-state index contributed by atoms with van der Waals surface area (Å²) in [6.07, 6.45) is 3.24. The van der Waals surface area contributed by atoms with E-state index in [1.807, 2.05) is 0 Å². The molecule has 6 nitrogen and oxygen atoms in total. The van der Waals surface area contributed by atoms with Crippen molar-refractivity contribution in [3.8, 4) is 0 Å². The van der Waals surface area contributed by atoms with Crippen LogP contribution >= 0.6 is 11.6 Å². The van der Waals surface area contributed by atoms with Crippen LogP contribution in [-0.4, -0.2) is 32.8 Å². The minimum Gasteiger partial charge on any atom is -0.480 e. The highest BCUT2D eigenvalue weighted by Crippen LogP contribution is 2.06. The first-order valence-corrected chi connectivity index (χ1v) is 5.98. The van der Waals surface area contributed by atoms with Gasteiger partial charge < -0.3 is 10.4 Å². The highest BCUT2D eigenvalue weighted by molar-refractivity contribution is 6.30. The van der Waals surface area contributed by atoms with Crippen molar-refractivity contribution in [3.05, 3.63) is 17.4 Å². The second kappa shape index (κ2) is 6.39. The highest BCUT2D eigenvalue weighted by Gasteiger charge is 2.23. The molecular formula is C11H16ClN3O3. The number of carboxylic acid groups (broad SMARTS) is 1. The van der Waals surface area contributed by atoms with E-state index in [1.54, 1.807) is 20.0 Å². The Balaban J connectivity index is 2.43. The third kappa shape index (κ3) is 4.37. The summed E-state index contributed by atoms with van der Waals surface area (Å²) in [5, 5.41) is 15.8. The number of aryl methyl sites for hydroxylation is 1. The average Bonchev–Trinajstić information content (AvgIpc) is 2.68. The molecule has 1 aromatic heterocycles. The molecule has 0 aliphatic rings. The van der Waals surface area contributed by atoms with E-state index < -0.39 is 12.0 Å². The van der Waals surface area contributed by atoms with E-state index in [1.165, 1.54) is 10.9 Å². The zero-order valence-electron chi connectivity index (χ0n) is 10.3. The molecule has 1 amide bonds. The van der Waals surface area contributed by atoms with E-state index in [-0.39, 0.29) is 18.2 Å². The smallest absolute Gasteiger partial charge is 0.326 e. The van der Waals surface area contributed by atoms with Crippen LogP contribution < -0.4 is 5.32 Å². The van der Waals surface area contributed by atoms with Gasteiger partial charge in [-0.2, -0.15) is 5.10 Å². The van der Waals surface area contributed by atoms with Crippen LogP contribution in [0.3, 0.4) is 0 Å². The van der Waals surface area contributed by atoms with Crippen LogP contribution in [0.25, 0.3) is 0 Å². The summed E-state index contributed by atoms with van der Waals surface area (Å²) in [6, 6.07) is -0.862. The van der Waals surface area contributed by atoms with E-state index >= 15 is 0 Å². The molecule has 7 heteroatoms. The lowest BCUT2D eigenvalue weighted by molar-refractivity contribution is -0.143. The van der Waals surface area contributed by atoms with Crippen molar-refractivity contribution < 1.29 is 14.7 Å². The SMILES string of the molecule is CC(C)[C@@H](NC(=O)CCn1cc(Cl)cn1)C(=O)O. The van der Waals surface area contributed by atoms with Crippen molar-refractivity contribution in [2.24, 2.45) is 5.92 Å². The van der Waals surface area contributed by atoms with Crippen LogP contribution in [0.1, 0.15) is 20.3 Å². The summed E-state index contributed by atoms with van der Waals surface area (Å²) in [5.41, 5.74) is 0. The maximum absolute atomic E-state index is 11.6. The lowest BCUT2D eigenvalue weighted by Crippen LogP contribution is -2.44. The van der Waals surface area contributed by atoms with Gasteiger partial charge in [0.1, 0.15) is 6.04 Å². The zero-order valence-corrected chi connectivity index (χ0v) is 11.0. The summed E-state index contributed by atoms with van der Waals surface area (Å²) in [4.78, 5) is 22.5. The Kier molecular flexibility index (Phi) is 5.15. The van der Waals surface area contributed by atoms with E-state index in [0.29, 0.717) is 11.6 Å². The predicted octanol–water partition coefficient (Wildman–Crippen LogP) is 1.15. The standard InChI is InChI=1S/C11H16ClN3O3/c1-7(2)10(11(17)18)14-9(16)3-4-15-6-8(12)5-13-15/h5-7,10H,3-4H2,1-2H3,(H,14,16)(H,17,18)/t10-/m1/s1. The first kappa shape index (κ1) is 14.5. The third-order valence-corrected chi connectivity index (χ3v) is 2.61. The number of rotatable bonds is 6. The molecule has 100 valence electrons. The minimum absolute atomic E-state index is 0.161. The predicted molar refractivity (Wildman–Crippen MR) is 66.3 cm³/mol. The summed E-state index contributed by atoms with van der Waals surface area (Å²) < 4.78 is 1.53. The van der Waals surface area contributed by atoms with Gasteiger partial charge in [-0.1, -0.05) is 25.4 Å². The number of amides is 1. The lowest BCUT2D eigenvalue weighted by Gasteiger charge is -2.17. The van der Waals surface area contributed by atoms with Gasteiger partial charge >= 0.3 is 5.97 Å². The molecule has 1 aromatic rings. The van der Waals surface area contributed by atoms with E-state index in [4.69, 9.17) is 16.7 Å². The molecule has 18 heavy (non-hydrogen) atoms. The maximum Gasteiger partial charge on any atom is 0.326 e. The zero-order chi connectivity index (χ0) is 13.7. The van der Waals surface area contributed by atoms with Crippen molar-refractivity contribution in [2.45, 2.75) is 32.9 Å². The Hall–Kier alpha value is -1.56. The molecule has 1 rings (SSSR count). The fourth-order valence-electron chi connectivity index (χ4n) is 1.44. The topological polar surface area (TPSA) is 84.2 Å². The second-order valence-corrected chi connectivity index (χ2v) is 4.74. The molecule has 0 unspecified atom stereocenters. The first-order chi connectivity index (χ1) is 8.40. The summed E-state index contributed by atoms with van der Waals surface area (Å²) in [6.45, 7) is 3.85. The molecule has 0 aliphatic carbocycles. The second-order valence-electron chi connectivity index (χ2n) is 4.30. The molecule has 2 N–H and O–H groups in total. The van der Waals surface area contributed by atoms with Crippen molar-refractivity contribution in [2.75, 3.05) is 0 Å².